The summed E-state index contributed by atoms with van der Waals surface area (Å²) in [5, 5.41) is 0. The summed E-state index contributed by atoms with van der Waals surface area (Å²) in [5.74, 6) is 0.415. The summed E-state index contributed by atoms with van der Waals surface area (Å²) in [6, 6.07) is 4.17. The van der Waals surface area contributed by atoms with Crippen LogP contribution < -0.4 is 5.73 Å². The van der Waals surface area contributed by atoms with Gasteiger partial charge >= 0.3 is 0 Å². The maximum absolute atomic E-state index is 9.19. The smallest absolute Gasteiger partial charge is 0.261 e. The first-order valence-corrected chi connectivity index (χ1v) is 12.4. The summed E-state index contributed by atoms with van der Waals surface area (Å²) in [5.41, 5.74) is 10.8. The summed E-state index contributed by atoms with van der Waals surface area (Å²) < 4.78 is 32.1. The van der Waals surface area contributed by atoms with Crippen LogP contribution in [0, 0.1) is 5.41 Å². The van der Waals surface area contributed by atoms with Crippen LogP contribution >= 0.6 is 0 Å². The Hall–Kier alpha value is -1.44. The number of ether oxygens (including phenoxy) is 1. The number of aromatic nitrogens is 1. The van der Waals surface area contributed by atoms with Crippen molar-refractivity contribution in [2.24, 2.45) is 5.41 Å². The standard InChI is InChI=1S/C22H34N2O.CH4O3S/c1-20(2)11-9-15(10-12-20)19-17(23)7-8-18(24-19)16-13-21(3,4)25-22(5,6)14-16;1-5(2,3)4/h7-9,16H,10-14,23H2,1-6H3;1H3,(H,2,3,4). The molecule has 2 heterocycles. The van der Waals surface area contributed by atoms with E-state index in [2.05, 4.69) is 53.7 Å². The number of nitrogen functional groups attached to an aromatic ring is 1. The number of nitrogens with two attached hydrogens (primary N) is 1. The average Bonchev–Trinajstić information content (AvgIpc) is 2.51. The first-order chi connectivity index (χ1) is 13.5. The molecule has 6 nitrogen and oxygen atoms in total. The van der Waals surface area contributed by atoms with Gasteiger partial charge in [-0.3, -0.25) is 9.54 Å². The van der Waals surface area contributed by atoms with Crippen LogP contribution in [0.4, 0.5) is 5.69 Å². The van der Waals surface area contributed by atoms with Crippen molar-refractivity contribution in [3.05, 3.63) is 29.6 Å². The first kappa shape index (κ1) is 24.8. The van der Waals surface area contributed by atoms with E-state index in [1.54, 1.807) is 0 Å². The Bertz CT molecular complexity index is 878. The second kappa shape index (κ2) is 8.60. The Morgan fingerprint density at radius 1 is 1.10 bits per heavy atom. The molecule has 0 aromatic carbocycles. The lowest BCUT2D eigenvalue weighted by Crippen LogP contribution is -2.44. The second-order valence-corrected chi connectivity index (χ2v) is 12.2. The predicted molar refractivity (Wildman–Crippen MR) is 123 cm³/mol. The molecular weight excluding hydrogens is 400 g/mol. The zero-order valence-corrected chi connectivity index (χ0v) is 20.3. The van der Waals surface area contributed by atoms with Gasteiger partial charge in [-0.15, -0.1) is 0 Å². The van der Waals surface area contributed by atoms with E-state index < -0.39 is 10.1 Å². The fourth-order valence-corrected chi connectivity index (χ4v) is 4.56. The molecule has 0 spiro atoms. The molecule has 1 aliphatic carbocycles. The number of hydrogen-bond acceptors (Lipinski definition) is 5. The van der Waals surface area contributed by atoms with Crippen molar-refractivity contribution < 1.29 is 17.7 Å². The molecular formula is C23H38N2O4S. The third-order valence-electron chi connectivity index (χ3n) is 5.67. The molecule has 1 aromatic heterocycles. The molecule has 1 fully saturated rings. The number of rotatable bonds is 2. The van der Waals surface area contributed by atoms with Crippen LogP contribution in [0.25, 0.3) is 5.57 Å². The van der Waals surface area contributed by atoms with Crippen molar-refractivity contribution in [1.82, 2.24) is 4.98 Å². The lowest BCUT2D eigenvalue weighted by molar-refractivity contribution is -0.162. The SMILES string of the molecule is CC1(C)CC=C(c2nc(C3CC(C)(C)OC(C)(C)C3)ccc2N)CC1.CS(=O)(=O)O. The van der Waals surface area contributed by atoms with Crippen LogP contribution in [0.5, 0.6) is 0 Å². The molecule has 1 aliphatic heterocycles. The summed E-state index contributed by atoms with van der Waals surface area (Å²) in [6.45, 7) is 13.4. The van der Waals surface area contributed by atoms with Crippen LogP contribution in [-0.4, -0.2) is 35.4 Å². The molecule has 0 amide bonds. The Morgan fingerprint density at radius 3 is 2.10 bits per heavy atom. The van der Waals surface area contributed by atoms with Crippen LogP contribution in [0.1, 0.15) is 91.0 Å². The van der Waals surface area contributed by atoms with Gasteiger partial charge in [-0.1, -0.05) is 19.9 Å². The van der Waals surface area contributed by atoms with Gasteiger partial charge in [0.2, 0.25) is 0 Å². The van der Waals surface area contributed by atoms with E-state index in [1.807, 2.05) is 6.07 Å². The van der Waals surface area contributed by atoms with E-state index in [9.17, 15) is 8.42 Å². The average molecular weight is 439 g/mol. The van der Waals surface area contributed by atoms with Gasteiger partial charge in [0.1, 0.15) is 0 Å². The van der Waals surface area contributed by atoms with Crippen LogP contribution in [0.2, 0.25) is 0 Å². The summed E-state index contributed by atoms with van der Waals surface area (Å²) in [6.07, 6.45) is 8.43. The summed E-state index contributed by atoms with van der Waals surface area (Å²) >= 11 is 0. The van der Waals surface area contributed by atoms with Crippen molar-refractivity contribution >= 4 is 21.4 Å². The zero-order chi connectivity index (χ0) is 23.0. The van der Waals surface area contributed by atoms with Gasteiger partial charge in [-0.05, 0) is 82.9 Å². The molecule has 0 radical (unpaired) electrons. The minimum absolute atomic E-state index is 0.121. The number of nitrogens with zero attached hydrogens (tertiary/aromatic N) is 1. The Labute approximate surface area is 182 Å². The van der Waals surface area contributed by atoms with Crippen molar-refractivity contribution in [3.63, 3.8) is 0 Å². The molecule has 3 rings (SSSR count). The van der Waals surface area contributed by atoms with Gasteiger partial charge in [-0.25, -0.2) is 0 Å². The molecule has 170 valence electrons. The Balaban J connectivity index is 0.000000575. The molecule has 2 aliphatic rings. The van der Waals surface area contributed by atoms with E-state index in [-0.39, 0.29) is 11.2 Å². The van der Waals surface area contributed by atoms with Crippen LogP contribution in [-0.2, 0) is 14.9 Å². The number of pyridine rings is 1. The van der Waals surface area contributed by atoms with Crippen molar-refractivity contribution in [3.8, 4) is 0 Å². The van der Waals surface area contributed by atoms with Crippen molar-refractivity contribution in [1.29, 1.82) is 0 Å². The Kier molecular flexibility index (Phi) is 7.11. The minimum Gasteiger partial charge on any atom is -0.397 e. The number of allylic oxidation sites excluding steroid dienone is 2. The Morgan fingerprint density at radius 2 is 1.63 bits per heavy atom. The maximum Gasteiger partial charge on any atom is 0.261 e. The highest BCUT2D eigenvalue weighted by molar-refractivity contribution is 7.85. The third kappa shape index (κ3) is 7.67. The normalized spacial score (nSPS) is 23.1. The van der Waals surface area contributed by atoms with Crippen molar-refractivity contribution in [2.45, 2.75) is 90.8 Å². The molecule has 0 bridgehead atoms. The molecule has 0 saturated carbocycles. The second-order valence-electron chi connectivity index (χ2n) is 10.7. The molecule has 1 aromatic rings. The molecule has 30 heavy (non-hydrogen) atoms. The zero-order valence-electron chi connectivity index (χ0n) is 19.4. The minimum atomic E-state index is -3.67. The predicted octanol–water partition coefficient (Wildman–Crippen LogP) is 5.21. The number of hydrogen-bond donors (Lipinski definition) is 2. The quantitative estimate of drug-likeness (QED) is 0.614. The lowest BCUT2D eigenvalue weighted by atomic mass is 9.77. The summed E-state index contributed by atoms with van der Waals surface area (Å²) in [4.78, 5) is 5.05. The van der Waals surface area contributed by atoms with Crippen LogP contribution in [0.3, 0.4) is 0 Å². The maximum atomic E-state index is 9.19. The highest BCUT2D eigenvalue weighted by Crippen LogP contribution is 2.44. The molecule has 1 saturated heterocycles. The number of anilines is 1. The first-order valence-electron chi connectivity index (χ1n) is 10.5. The fourth-order valence-electron chi connectivity index (χ4n) is 4.56. The highest BCUT2D eigenvalue weighted by atomic mass is 32.2. The van der Waals surface area contributed by atoms with Gasteiger partial charge in [-0.2, -0.15) is 8.42 Å². The molecule has 7 heteroatoms. The lowest BCUT2D eigenvalue weighted by Gasteiger charge is -2.45. The highest BCUT2D eigenvalue weighted by Gasteiger charge is 2.40. The van der Waals surface area contributed by atoms with E-state index in [0.717, 1.165) is 37.1 Å². The van der Waals surface area contributed by atoms with Gasteiger partial charge in [0.25, 0.3) is 10.1 Å². The fraction of sp³-hybridized carbons (Fsp3) is 0.696. The van der Waals surface area contributed by atoms with E-state index >= 15 is 0 Å². The van der Waals surface area contributed by atoms with E-state index in [0.29, 0.717) is 17.6 Å². The van der Waals surface area contributed by atoms with E-state index in [1.165, 1.54) is 17.7 Å². The topological polar surface area (TPSA) is 103 Å². The summed E-state index contributed by atoms with van der Waals surface area (Å²) in [7, 11) is -3.67. The largest absolute Gasteiger partial charge is 0.397 e. The van der Waals surface area contributed by atoms with Crippen LogP contribution in [0.15, 0.2) is 18.2 Å². The van der Waals surface area contributed by atoms with Gasteiger partial charge in [0.15, 0.2) is 0 Å². The third-order valence-corrected chi connectivity index (χ3v) is 5.67. The monoisotopic (exact) mass is 438 g/mol. The molecule has 3 N–H and O–H groups in total. The molecule has 0 unspecified atom stereocenters. The van der Waals surface area contributed by atoms with Gasteiger partial charge in [0.05, 0.1) is 28.8 Å². The molecule has 0 atom stereocenters. The van der Waals surface area contributed by atoms with E-state index in [4.69, 9.17) is 20.0 Å². The van der Waals surface area contributed by atoms with Gasteiger partial charge in [0, 0.05) is 11.6 Å². The van der Waals surface area contributed by atoms with Gasteiger partial charge < -0.3 is 10.5 Å². The van der Waals surface area contributed by atoms with Crippen molar-refractivity contribution in [2.75, 3.05) is 12.0 Å².